The Morgan fingerprint density at radius 3 is 2.31 bits per heavy atom. The minimum absolute atomic E-state index is 0.0281. The van der Waals surface area contributed by atoms with Crippen molar-refractivity contribution in [2.24, 2.45) is 0 Å². The third-order valence-electron chi connectivity index (χ3n) is 5.23. The zero-order chi connectivity index (χ0) is 23.1. The first kappa shape index (κ1) is 22.5. The summed E-state index contributed by atoms with van der Waals surface area (Å²) in [6.07, 6.45) is -3.14. The predicted octanol–water partition coefficient (Wildman–Crippen LogP) is 7.14. The van der Waals surface area contributed by atoms with E-state index < -0.39 is 21.6 Å². The van der Waals surface area contributed by atoms with Crippen molar-refractivity contribution in [3.05, 3.63) is 83.0 Å². The molecule has 0 saturated heterocycles. The fraction of sp³-hybridized carbons (Fsp3) is 0.125. The molecule has 8 heteroatoms. The summed E-state index contributed by atoms with van der Waals surface area (Å²) in [5.41, 5.74) is 1.87. The minimum atomic E-state index is -4.51. The first-order valence-electron chi connectivity index (χ1n) is 9.70. The lowest BCUT2D eigenvalue weighted by Gasteiger charge is -2.13. The molecule has 0 amide bonds. The smallest absolute Gasteiger partial charge is 0.256 e. The first-order chi connectivity index (χ1) is 15.1. The largest absolute Gasteiger partial charge is 0.418 e. The summed E-state index contributed by atoms with van der Waals surface area (Å²) in [7, 11) is -3.43. The van der Waals surface area contributed by atoms with E-state index >= 15 is 0 Å². The number of rotatable bonds is 4. The van der Waals surface area contributed by atoms with Gasteiger partial charge in [0, 0.05) is 16.1 Å². The van der Waals surface area contributed by atoms with Gasteiger partial charge in [-0.15, -0.1) is 0 Å². The fourth-order valence-corrected chi connectivity index (χ4v) is 5.57. The molecule has 0 radical (unpaired) electrons. The molecule has 1 heterocycles. The lowest BCUT2D eigenvalue weighted by Crippen LogP contribution is -2.06. The Morgan fingerprint density at radius 1 is 0.906 bits per heavy atom. The molecular weight excluding hydrogens is 503 g/mol. The molecule has 0 fully saturated rings. The van der Waals surface area contributed by atoms with E-state index in [-0.39, 0.29) is 16.2 Å². The van der Waals surface area contributed by atoms with Crippen LogP contribution in [0.4, 0.5) is 13.2 Å². The van der Waals surface area contributed by atoms with Crippen molar-refractivity contribution in [2.45, 2.75) is 18.0 Å². The quantitative estimate of drug-likeness (QED) is 0.287. The average molecular weight is 520 g/mol. The molecule has 0 atom stereocenters. The number of halogens is 4. The normalized spacial score (nSPS) is 12.3. The zero-order valence-corrected chi connectivity index (χ0v) is 19.2. The monoisotopic (exact) mass is 519 g/mol. The van der Waals surface area contributed by atoms with E-state index in [1.54, 1.807) is 49.4 Å². The number of benzene rings is 3. The van der Waals surface area contributed by atoms with Gasteiger partial charge in [-0.2, -0.15) is 13.2 Å². The molecule has 32 heavy (non-hydrogen) atoms. The van der Waals surface area contributed by atoms with Gasteiger partial charge < -0.3 is 0 Å². The highest BCUT2D eigenvalue weighted by molar-refractivity contribution is 9.10. The van der Waals surface area contributed by atoms with Crippen LogP contribution in [0.25, 0.3) is 33.2 Å². The molecule has 164 valence electrons. The topological polar surface area (TPSA) is 47.0 Å². The Labute approximate surface area is 192 Å². The molecule has 3 nitrogen and oxygen atoms in total. The van der Waals surface area contributed by atoms with E-state index in [4.69, 9.17) is 0 Å². The van der Waals surface area contributed by atoms with Crippen LogP contribution in [0.1, 0.15) is 12.5 Å². The number of pyridine rings is 1. The molecule has 0 aliphatic heterocycles. The maximum atomic E-state index is 13.4. The summed E-state index contributed by atoms with van der Waals surface area (Å²) >= 11 is 3.30. The first-order valence-corrected chi connectivity index (χ1v) is 12.1. The number of sulfone groups is 1. The molecule has 0 aliphatic rings. The van der Waals surface area contributed by atoms with Gasteiger partial charge in [0.25, 0.3) is 0 Å². The van der Waals surface area contributed by atoms with Crippen LogP contribution in [0.3, 0.4) is 0 Å². The van der Waals surface area contributed by atoms with Crippen molar-refractivity contribution in [3.8, 4) is 22.3 Å². The van der Waals surface area contributed by atoms with Crippen molar-refractivity contribution in [2.75, 3.05) is 5.75 Å². The van der Waals surface area contributed by atoms with Gasteiger partial charge in [0.05, 0.1) is 21.7 Å². The summed E-state index contributed by atoms with van der Waals surface area (Å²) in [6, 6.07) is 18.0. The van der Waals surface area contributed by atoms with Crippen LogP contribution in [0, 0.1) is 0 Å². The maximum absolute atomic E-state index is 13.4. The average Bonchev–Trinajstić information content (AvgIpc) is 2.78. The van der Waals surface area contributed by atoms with Crippen LogP contribution in [0.15, 0.2) is 82.3 Å². The van der Waals surface area contributed by atoms with E-state index in [0.717, 1.165) is 11.6 Å². The van der Waals surface area contributed by atoms with Gasteiger partial charge in [0.15, 0.2) is 9.84 Å². The maximum Gasteiger partial charge on any atom is 0.418 e. The van der Waals surface area contributed by atoms with Gasteiger partial charge in [-0.05, 0) is 68.5 Å². The fourth-order valence-electron chi connectivity index (χ4n) is 3.60. The Balaban J connectivity index is 1.87. The Bertz CT molecular complexity index is 1430. The van der Waals surface area contributed by atoms with Crippen molar-refractivity contribution in [1.29, 1.82) is 0 Å². The van der Waals surface area contributed by atoms with E-state index in [1.807, 2.05) is 12.1 Å². The van der Waals surface area contributed by atoms with E-state index in [1.165, 1.54) is 12.3 Å². The molecule has 4 aromatic rings. The van der Waals surface area contributed by atoms with Gasteiger partial charge in [-0.25, -0.2) is 8.42 Å². The second kappa shape index (κ2) is 8.33. The predicted molar refractivity (Wildman–Crippen MR) is 123 cm³/mol. The van der Waals surface area contributed by atoms with Crippen LogP contribution >= 0.6 is 15.9 Å². The molecule has 3 aromatic carbocycles. The molecule has 0 aliphatic carbocycles. The SMILES string of the molecule is CCS(=O)(=O)c1cc(-c2cccc(-c3ccnc4c(C(F)(F)F)cccc34)c2)ccc1Br. The van der Waals surface area contributed by atoms with Crippen molar-refractivity contribution in [1.82, 2.24) is 4.98 Å². The number of fused-ring (bicyclic) bond motifs is 1. The van der Waals surface area contributed by atoms with Gasteiger partial charge in [-0.1, -0.05) is 43.3 Å². The van der Waals surface area contributed by atoms with Crippen LogP contribution in [-0.2, 0) is 16.0 Å². The van der Waals surface area contributed by atoms with Gasteiger partial charge in [0.1, 0.15) is 0 Å². The number of alkyl halides is 3. The molecule has 1 aromatic heterocycles. The molecule has 0 unspecified atom stereocenters. The van der Waals surface area contributed by atoms with E-state index in [9.17, 15) is 21.6 Å². The summed E-state index contributed by atoms with van der Waals surface area (Å²) in [5.74, 6) is -0.0281. The lowest BCUT2D eigenvalue weighted by atomic mass is 9.96. The van der Waals surface area contributed by atoms with Crippen molar-refractivity contribution in [3.63, 3.8) is 0 Å². The summed E-state index contributed by atoms with van der Waals surface area (Å²) in [5, 5.41) is 0.393. The Morgan fingerprint density at radius 2 is 1.59 bits per heavy atom. The Kier molecular flexibility index (Phi) is 5.85. The van der Waals surface area contributed by atoms with Gasteiger partial charge in [-0.3, -0.25) is 4.98 Å². The summed E-state index contributed by atoms with van der Waals surface area (Å²) in [4.78, 5) is 4.18. The molecule has 0 N–H and O–H groups in total. The summed E-state index contributed by atoms with van der Waals surface area (Å²) in [6.45, 7) is 1.58. The standard InChI is InChI=1S/C24H17BrF3NO2S/c1-2-32(30,31)22-14-16(9-10-21(22)25)15-5-3-6-17(13-15)18-11-12-29-23-19(18)7-4-8-20(23)24(26,27)28/h3-14H,2H2,1H3. The molecule has 4 rings (SSSR count). The number of aromatic nitrogens is 1. The molecule has 0 saturated carbocycles. The van der Waals surface area contributed by atoms with Gasteiger partial charge in [0.2, 0.25) is 0 Å². The molecule has 0 bridgehead atoms. The highest BCUT2D eigenvalue weighted by Crippen LogP contribution is 2.38. The highest BCUT2D eigenvalue weighted by Gasteiger charge is 2.33. The molecule has 0 spiro atoms. The van der Waals surface area contributed by atoms with E-state index in [2.05, 4.69) is 20.9 Å². The highest BCUT2D eigenvalue weighted by atomic mass is 79.9. The third kappa shape index (κ3) is 4.17. The van der Waals surface area contributed by atoms with Crippen LogP contribution < -0.4 is 0 Å². The number of para-hydroxylation sites is 1. The van der Waals surface area contributed by atoms with Gasteiger partial charge >= 0.3 is 6.18 Å². The van der Waals surface area contributed by atoms with Crippen LogP contribution in [0.5, 0.6) is 0 Å². The number of nitrogens with zero attached hydrogens (tertiary/aromatic N) is 1. The van der Waals surface area contributed by atoms with E-state index in [0.29, 0.717) is 26.5 Å². The number of hydrogen-bond acceptors (Lipinski definition) is 3. The second-order valence-corrected chi connectivity index (χ2v) is 10.3. The zero-order valence-electron chi connectivity index (χ0n) is 16.8. The number of hydrogen-bond donors (Lipinski definition) is 0. The van der Waals surface area contributed by atoms with Crippen molar-refractivity contribution >= 4 is 36.7 Å². The van der Waals surface area contributed by atoms with Crippen LogP contribution in [0.2, 0.25) is 0 Å². The van der Waals surface area contributed by atoms with Crippen LogP contribution in [-0.4, -0.2) is 19.2 Å². The third-order valence-corrected chi connectivity index (χ3v) is 7.95. The lowest BCUT2D eigenvalue weighted by molar-refractivity contribution is -0.136. The van der Waals surface area contributed by atoms with Crippen molar-refractivity contribution < 1.29 is 21.6 Å². The second-order valence-electron chi connectivity index (χ2n) is 7.19. The summed E-state index contributed by atoms with van der Waals surface area (Å²) < 4.78 is 65.7. The minimum Gasteiger partial charge on any atom is -0.256 e. The molecular formula is C24H17BrF3NO2S. The Hall–Kier alpha value is -2.71.